The minimum absolute atomic E-state index is 0.781. The van der Waals surface area contributed by atoms with Gasteiger partial charge in [0.05, 0.1) is 18.5 Å². The summed E-state index contributed by atoms with van der Waals surface area (Å²) in [6, 6.07) is 13.1. The molecule has 0 saturated heterocycles. The SMILES string of the molecule is CCCCCOc1ccc(-c2ccc(CCC3CCCC(CC)C3)cc2)nc1. The zero-order valence-corrected chi connectivity index (χ0v) is 17.8. The van der Waals surface area contributed by atoms with E-state index in [4.69, 9.17) is 4.74 Å². The normalized spacial score (nSPS) is 19.5. The van der Waals surface area contributed by atoms with Gasteiger partial charge in [-0.1, -0.05) is 76.6 Å². The van der Waals surface area contributed by atoms with Crippen LogP contribution in [0.4, 0.5) is 0 Å². The van der Waals surface area contributed by atoms with Crippen LogP contribution in [0.15, 0.2) is 42.6 Å². The van der Waals surface area contributed by atoms with Gasteiger partial charge in [0.2, 0.25) is 0 Å². The summed E-state index contributed by atoms with van der Waals surface area (Å²) in [5.74, 6) is 2.78. The summed E-state index contributed by atoms with van der Waals surface area (Å²) in [5, 5.41) is 0. The van der Waals surface area contributed by atoms with Crippen molar-refractivity contribution in [3.8, 4) is 17.0 Å². The summed E-state index contributed by atoms with van der Waals surface area (Å²) >= 11 is 0. The maximum absolute atomic E-state index is 5.76. The molecule has 2 aromatic rings. The summed E-state index contributed by atoms with van der Waals surface area (Å²) in [5.41, 5.74) is 3.66. The van der Waals surface area contributed by atoms with Gasteiger partial charge in [-0.25, -0.2) is 0 Å². The molecule has 28 heavy (non-hydrogen) atoms. The van der Waals surface area contributed by atoms with E-state index in [1.165, 1.54) is 68.9 Å². The van der Waals surface area contributed by atoms with Gasteiger partial charge in [0.15, 0.2) is 0 Å². The van der Waals surface area contributed by atoms with Crippen LogP contribution in [-0.4, -0.2) is 11.6 Å². The van der Waals surface area contributed by atoms with Crippen molar-refractivity contribution in [2.75, 3.05) is 6.61 Å². The molecule has 3 rings (SSSR count). The number of aryl methyl sites for hydroxylation is 1. The van der Waals surface area contributed by atoms with E-state index in [9.17, 15) is 0 Å². The average molecular weight is 380 g/mol. The Labute approximate surface area is 171 Å². The predicted octanol–water partition coefficient (Wildman–Crippen LogP) is 7.47. The second kappa shape index (κ2) is 11.2. The van der Waals surface area contributed by atoms with E-state index in [1.54, 1.807) is 0 Å². The van der Waals surface area contributed by atoms with Crippen LogP contribution in [0.5, 0.6) is 5.75 Å². The van der Waals surface area contributed by atoms with E-state index in [2.05, 4.69) is 49.2 Å². The van der Waals surface area contributed by atoms with Gasteiger partial charge in [-0.2, -0.15) is 0 Å². The summed E-state index contributed by atoms with van der Waals surface area (Å²) in [6.45, 7) is 5.34. The fourth-order valence-corrected chi connectivity index (χ4v) is 4.43. The van der Waals surface area contributed by atoms with Crippen molar-refractivity contribution in [2.24, 2.45) is 11.8 Å². The van der Waals surface area contributed by atoms with Gasteiger partial charge in [-0.3, -0.25) is 4.98 Å². The summed E-state index contributed by atoms with van der Waals surface area (Å²) in [6.07, 6.45) is 15.1. The smallest absolute Gasteiger partial charge is 0.137 e. The lowest BCUT2D eigenvalue weighted by Gasteiger charge is -2.28. The van der Waals surface area contributed by atoms with Crippen LogP contribution in [0.3, 0.4) is 0 Å². The van der Waals surface area contributed by atoms with Gasteiger partial charge < -0.3 is 4.74 Å². The highest BCUT2D eigenvalue weighted by atomic mass is 16.5. The van der Waals surface area contributed by atoms with E-state index in [-0.39, 0.29) is 0 Å². The predicted molar refractivity (Wildman–Crippen MR) is 119 cm³/mol. The Balaban J connectivity index is 1.48. The molecule has 1 aliphatic carbocycles. The van der Waals surface area contributed by atoms with Gasteiger partial charge in [0, 0.05) is 5.56 Å². The summed E-state index contributed by atoms with van der Waals surface area (Å²) in [7, 11) is 0. The van der Waals surface area contributed by atoms with Crippen molar-refractivity contribution in [2.45, 2.75) is 78.1 Å². The minimum atomic E-state index is 0.781. The van der Waals surface area contributed by atoms with Crippen molar-refractivity contribution in [3.63, 3.8) is 0 Å². The van der Waals surface area contributed by atoms with Crippen LogP contribution >= 0.6 is 0 Å². The number of hydrogen-bond acceptors (Lipinski definition) is 2. The van der Waals surface area contributed by atoms with Gasteiger partial charge in [0.25, 0.3) is 0 Å². The van der Waals surface area contributed by atoms with Gasteiger partial charge >= 0.3 is 0 Å². The third kappa shape index (κ3) is 6.36. The largest absolute Gasteiger partial charge is 0.492 e. The molecular weight excluding hydrogens is 342 g/mol. The first-order valence-electron chi connectivity index (χ1n) is 11.5. The van der Waals surface area contributed by atoms with E-state index in [1.807, 2.05) is 12.3 Å². The Morgan fingerprint density at radius 2 is 1.79 bits per heavy atom. The van der Waals surface area contributed by atoms with Crippen LogP contribution in [0.25, 0.3) is 11.3 Å². The lowest BCUT2D eigenvalue weighted by molar-refractivity contribution is 0.250. The molecule has 0 N–H and O–H groups in total. The molecule has 0 spiro atoms. The van der Waals surface area contributed by atoms with E-state index >= 15 is 0 Å². The van der Waals surface area contributed by atoms with E-state index < -0.39 is 0 Å². The Kier molecular flexibility index (Phi) is 8.39. The molecule has 1 fully saturated rings. The quantitative estimate of drug-likeness (QED) is 0.399. The van der Waals surface area contributed by atoms with Crippen LogP contribution in [-0.2, 0) is 6.42 Å². The maximum atomic E-state index is 5.76. The second-order valence-electron chi connectivity index (χ2n) is 8.48. The van der Waals surface area contributed by atoms with Gasteiger partial charge in [-0.05, 0) is 55.2 Å². The first-order valence-corrected chi connectivity index (χ1v) is 11.5. The van der Waals surface area contributed by atoms with Crippen molar-refractivity contribution < 1.29 is 4.74 Å². The number of benzene rings is 1. The zero-order valence-electron chi connectivity index (χ0n) is 17.8. The molecule has 2 heteroatoms. The molecule has 1 aromatic heterocycles. The summed E-state index contributed by atoms with van der Waals surface area (Å²) in [4.78, 5) is 4.59. The van der Waals surface area contributed by atoms with Gasteiger partial charge in [0.1, 0.15) is 5.75 Å². The number of nitrogens with zero attached hydrogens (tertiary/aromatic N) is 1. The lowest BCUT2D eigenvalue weighted by atomic mass is 9.78. The standard InChI is InChI=1S/C26H37NO/c1-3-5-6-18-28-25-16-17-26(27-20-25)24-14-12-22(13-15-24)10-11-23-9-7-8-21(4-2)19-23/h12-17,20-21,23H,3-11,18-19H2,1-2H3. The summed E-state index contributed by atoms with van der Waals surface area (Å²) < 4.78 is 5.76. The fourth-order valence-electron chi connectivity index (χ4n) is 4.43. The average Bonchev–Trinajstić information content (AvgIpc) is 2.76. The topological polar surface area (TPSA) is 22.1 Å². The first kappa shape index (κ1) is 20.9. The molecule has 0 amide bonds. The Bertz CT molecular complexity index is 677. The number of ether oxygens (including phenoxy) is 1. The molecule has 0 radical (unpaired) electrons. The third-order valence-corrected chi connectivity index (χ3v) is 6.31. The number of pyridine rings is 1. The number of rotatable bonds is 10. The molecule has 1 heterocycles. The van der Waals surface area contributed by atoms with Crippen molar-refractivity contribution in [3.05, 3.63) is 48.2 Å². The van der Waals surface area contributed by atoms with Crippen LogP contribution < -0.4 is 4.74 Å². The van der Waals surface area contributed by atoms with Crippen molar-refractivity contribution in [1.29, 1.82) is 0 Å². The molecule has 2 atom stereocenters. The maximum Gasteiger partial charge on any atom is 0.137 e. The minimum Gasteiger partial charge on any atom is -0.492 e. The molecular formula is C26H37NO. The molecule has 0 bridgehead atoms. The lowest BCUT2D eigenvalue weighted by Crippen LogP contribution is -2.15. The van der Waals surface area contributed by atoms with E-state index in [0.717, 1.165) is 36.3 Å². The van der Waals surface area contributed by atoms with Crippen LogP contribution in [0, 0.1) is 11.8 Å². The van der Waals surface area contributed by atoms with Crippen LogP contribution in [0.2, 0.25) is 0 Å². The number of unbranched alkanes of at least 4 members (excludes halogenated alkanes) is 2. The molecule has 2 nitrogen and oxygen atoms in total. The number of aromatic nitrogens is 1. The molecule has 1 saturated carbocycles. The molecule has 152 valence electrons. The van der Waals surface area contributed by atoms with Crippen molar-refractivity contribution in [1.82, 2.24) is 4.98 Å². The number of hydrogen-bond donors (Lipinski definition) is 0. The highest BCUT2D eigenvalue weighted by Crippen LogP contribution is 2.33. The first-order chi connectivity index (χ1) is 13.8. The molecule has 1 aliphatic rings. The van der Waals surface area contributed by atoms with Crippen molar-refractivity contribution >= 4 is 0 Å². The molecule has 2 unspecified atom stereocenters. The fraction of sp³-hybridized carbons (Fsp3) is 0.577. The highest BCUT2D eigenvalue weighted by molar-refractivity contribution is 5.59. The molecule has 1 aromatic carbocycles. The zero-order chi connectivity index (χ0) is 19.6. The van der Waals surface area contributed by atoms with Crippen LogP contribution in [0.1, 0.15) is 77.2 Å². The Morgan fingerprint density at radius 3 is 2.50 bits per heavy atom. The monoisotopic (exact) mass is 379 g/mol. The highest BCUT2D eigenvalue weighted by Gasteiger charge is 2.20. The second-order valence-corrected chi connectivity index (χ2v) is 8.48. The Morgan fingerprint density at radius 1 is 0.964 bits per heavy atom. The third-order valence-electron chi connectivity index (χ3n) is 6.31. The Hall–Kier alpha value is -1.83. The molecule has 0 aliphatic heterocycles. The van der Waals surface area contributed by atoms with Gasteiger partial charge in [-0.15, -0.1) is 0 Å². The van der Waals surface area contributed by atoms with E-state index in [0.29, 0.717) is 0 Å².